The second kappa shape index (κ2) is 7.12. The van der Waals surface area contributed by atoms with Gasteiger partial charge in [0.15, 0.2) is 0 Å². The van der Waals surface area contributed by atoms with Crippen LogP contribution in [0.25, 0.3) is 0 Å². The first-order valence-corrected chi connectivity index (χ1v) is 7.00. The van der Waals surface area contributed by atoms with Crippen LogP contribution in [-0.4, -0.2) is 41.4 Å². The van der Waals surface area contributed by atoms with Crippen LogP contribution in [0.5, 0.6) is 0 Å². The third-order valence-corrected chi connectivity index (χ3v) is 3.74. The second-order valence-corrected chi connectivity index (χ2v) is 5.20. The van der Waals surface area contributed by atoms with Crippen molar-refractivity contribution in [2.75, 3.05) is 20.6 Å². The van der Waals surface area contributed by atoms with E-state index in [1.807, 2.05) is 4.68 Å². The molecule has 104 valence electrons. The van der Waals surface area contributed by atoms with Crippen molar-refractivity contribution in [3.05, 3.63) is 16.4 Å². The molecule has 1 unspecified atom stereocenters. The molecule has 18 heavy (non-hydrogen) atoms. The summed E-state index contributed by atoms with van der Waals surface area (Å²) in [5, 5.41) is 8.79. The molecule has 0 fully saturated rings. The van der Waals surface area contributed by atoms with Crippen LogP contribution < -0.4 is 5.32 Å². The van der Waals surface area contributed by atoms with Crippen molar-refractivity contribution in [1.29, 1.82) is 0 Å². The first-order chi connectivity index (χ1) is 8.51. The van der Waals surface area contributed by atoms with E-state index >= 15 is 0 Å². The molecular formula is C13H25ClN4. The Morgan fingerprint density at radius 1 is 1.39 bits per heavy atom. The molecule has 1 rings (SSSR count). The molecule has 0 radical (unpaired) electrons. The summed E-state index contributed by atoms with van der Waals surface area (Å²) >= 11 is 6.35. The molecule has 1 atom stereocenters. The molecule has 1 aromatic heterocycles. The highest BCUT2D eigenvalue weighted by Crippen LogP contribution is 2.21. The zero-order valence-electron chi connectivity index (χ0n) is 12.1. The first-order valence-electron chi connectivity index (χ1n) is 6.62. The van der Waals surface area contributed by atoms with Crippen LogP contribution in [0.2, 0.25) is 5.02 Å². The maximum Gasteiger partial charge on any atom is 0.0863 e. The van der Waals surface area contributed by atoms with Gasteiger partial charge in [-0.1, -0.05) is 18.5 Å². The molecule has 0 bridgehead atoms. The van der Waals surface area contributed by atoms with Gasteiger partial charge in [-0.2, -0.15) is 5.10 Å². The zero-order chi connectivity index (χ0) is 13.7. The van der Waals surface area contributed by atoms with Gasteiger partial charge in [-0.25, -0.2) is 0 Å². The molecule has 1 heterocycles. The van der Waals surface area contributed by atoms with Gasteiger partial charge in [0, 0.05) is 25.7 Å². The fourth-order valence-electron chi connectivity index (χ4n) is 1.77. The van der Waals surface area contributed by atoms with Crippen molar-refractivity contribution < 1.29 is 0 Å². The minimum atomic E-state index is 0.507. The van der Waals surface area contributed by atoms with Gasteiger partial charge in [-0.3, -0.25) is 4.68 Å². The number of aryl methyl sites for hydroxylation is 2. The molecular weight excluding hydrogens is 248 g/mol. The van der Waals surface area contributed by atoms with Crippen molar-refractivity contribution >= 4 is 11.6 Å². The second-order valence-electron chi connectivity index (χ2n) is 4.82. The smallest absolute Gasteiger partial charge is 0.0863 e. The molecule has 1 N–H and O–H groups in total. The zero-order valence-corrected chi connectivity index (χ0v) is 12.9. The summed E-state index contributed by atoms with van der Waals surface area (Å²) in [5.74, 6) is 0. The summed E-state index contributed by atoms with van der Waals surface area (Å²) < 4.78 is 1.99. The van der Waals surface area contributed by atoms with Gasteiger partial charge in [0.25, 0.3) is 0 Å². The third-order valence-electron chi connectivity index (χ3n) is 3.31. The lowest BCUT2D eigenvalue weighted by molar-refractivity contribution is 0.301. The maximum absolute atomic E-state index is 6.35. The highest BCUT2D eigenvalue weighted by atomic mass is 35.5. The van der Waals surface area contributed by atoms with E-state index in [9.17, 15) is 0 Å². The van der Waals surface area contributed by atoms with E-state index in [2.05, 4.69) is 50.2 Å². The van der Waals surface area contributed by atoms with E-state index in [-0.39, 0.29) is 0 Å². The molecule has 0 spiro atoms. The molecule has 1 aromatic rings. The Morgan fingerprint density at radius 3 is 2.56 bits per heavy atom. The largest absolute Gasteiger partial charge is 0.310 e. The summed E-state index contributed by atoms with van der Waals surface area (Å²) in [6.07, 6.45) is 0.882. The van der Waals surface area contributed by atoms with Crippen LogP contribution in [0.4, 0.5) is 0 Å². The van der Waals surface area contributed by atoms with Gasteiger partial charge in [0.1, 0.15) is 0 Å². The minimum absolute atomic E-state index is 0.507. The number of halogens is 1. The molecule has 0 saturated carbocycles. The van der Waals surface area contributed by atoms with Gasteiger partial charge in [0.2, 0.25) is 0 Å². The number of likely N-dealkylation sites (N-methyl/N-ethyl adjacent to an activating group) is 1. The van der Waals surface area contributed by atoms with Crippen molar-refractivity contribution in [3.8, 4) is 0 Å². The molecule has 0 aliphatic heterocycles. The summed E-state index contributed by atoms with van der Waals surface area (Å²) in [4.78, 5) is 2.20. The first kappa shape index (κ1) is 15.5. The minimum Gasteiger partial charge on any atom is -0.310 e. The number of aromatic nitrogens is 2. The van der Waals surface area contributed by atoms with Crippen LogP contribution >= 0.6 is 11.6 Å². The van der Waals surface area contributed by atoms with Crippen molar-refractivity contribution in [3.63, 3.8) is 0 Å². The van der Waals surface area contributed by atoms with E-state index in [1.54, 1.807) is 0 Å². The highest BCUT2D eigenvalue weighted by Gasteiger charge is 2.14. The molecule has 5 heteroatoms. The summed E-state index contributed by atoms with van der Waals surface area (Å²) in [6, 6.07) is 0.507. The normalized spacial score (nSPS) is 13.3. The fourth-order valence-corrected chi connectivity index (χ4v) is 2.10. The van der Waals surface area contributed by atoms with E-state index < -0.39 is 0 Å². The molecule has 0 aromatic carbocycles. The van der Waals surface area contributed by atoms with Crippen LogP contribution in [0.15, 0.2) is 0 Å². The van der Waals surface area contributed by atoms with Gasteiger partial charge in [-0.05, 0) is 34.4 Å². The number of rotatable bonds is 7. The quantitative estimate of drug-likeness (QED) is 0.826. The number of hydrogen-bond donors (Lipinski definition) is 1. The van der Waals surface area contributed by atoms with Crippen molar-refractivity contribution in [2.24, 2.45) is 0 Å². The number of hydrogen-bond acceptors (Lipinski definition) is 3. The Hall–Kier alpha value is -0.580. The van der Waals surface area contributed by atoms with Crippen molar-refractivity contribution in [1.82, 2.24) is 20.0 Å². The average Bonchev–Trinajstić information content (AvgIpc) is 2.65. The Labute approximate surface area is 115 Å². The topological polar surface area (TPSA) is 33.1 Å². The predicted octanol–water partition coefficient (Wildman–Crippen LogP) is 2.16. The Kier molecular flexibility index (Phi) is 6.12. The summed E-state index contributed by atoms with van der Waals surface area (Å²) in [6.45, 7) is 8.95. The lowest BCUT2D eigenvalue weighted by Crippen LogP contribution is -2.35. The van der Waals surface area contributed by atoms with Crippen LogP contribution in [0, 0.1) is 0 Å². The van der Waals surface area contributed by atoms with Gasteiger partial charge < -0.3 is 10.2 Å². The Balaban J connectivity index is 2.64. The molecule has 0 amide bonds. The number of nitrogens with one attached hydrogen (secondary N) is 1. The highest BCUT2D eigenvalue weighted by molar-refractivity contribution is 6.31. The van der Waals surface area contributed by atoms with Crippen molar-refractivity contribution in [2.45, 2.75) is 46.3 Å². The summed E-state index contributed by atoms with van der Waals surface area (Å²) in [7, 11) is 4.18. The predicted molar refractivity (Wildman–Crippen MR) is 77.1 cm³/mol. The molecule has 0 aliphatic rings. The van der Waals surface area contributed by atoms with E-state index in [0.29, 0.717) is 6.04 Å². The lowest BCUT2D eigenvalue weighted by Gasteiger charge is -2.20. The summed E-state index contributed by atoms with van der Waals surface area (Å²) in [5.41, 5.74) is 2.10. The van der Waals surface area contributed by atoms with E-state index in [4.69, 9.17) is 11.6 Å². The Morgan fingerprint density at radius 2 is 2.06 bits per heavy atom. The van der Waals surface area contributed by atoms with Crippen LogP contribution in [0.3, 0.4) is 0 Å². The fraction of sp³-hybridized carbons (Fsp3) is 0.769. The molecule has 4 nitrogen and oxygen atoms in total. The van der Waals surface area contributed by atoms with Crippen LogP contribution in [0.1, 0.15) is 32.2 Å². The average molecular weight is 273 g/mol. The van der Waals surface area contributed by atoms with Gasteiger partial charge in [0.05, 0.1) is 16.4 Å². The van der Waals surface area contributed by atoms with E-state index in [1.165, 1.54) is 0 Å². The standard InChI is InChI=1S/C13H25ClN4/c1-6-11-13(14)12(18(7-2)16-11)9-15-8-10(3)17(4)5/h10,15H,6-9H2,1-5H3. The Bertz CT molecular complexity index is 373. The van der Waals surface area contributed by atoms with E-state index in [0.717, 1.165) is 42.5 Å². The van der Waals surface area contributed by atoms with Gasteiger partial charge >= 0.3 is 0 Å². The third kappa shape index (κ3) is 3.70. The molecule has 0 saturated heterocycles. The maximum atomic E-state index is 6.35. The van der Waals surface area contributed by atoms with Crippen LogP contribution in [-0.2, 0) is 19.5 Å². The van der Waals surface area contributed by atoms with Gasteiger partial charge in [-0.15, -0.1) is 0 Å². The molecule has 0 aliphatic carbocycles. The number of nitrogens with zero attached hydrogens (tertiary/aromatic N) is 3. The SMILES string of the molecule is CCc1nn(CC)c(CNCC(C)N(C)C)c1Cl. The monoisotopic (exact) mass is 272 g/mol. The lowest BCUT2D eigenvalue weighted by atomic mass is 10.2.